The van der Waals surface area contributed by atoms with Crippen LogP contribution in [0.2, 0.25) is 0 Å². The molecule has 3 nitrogen and oxygen atoms in total. The van der Waals surface area contributed by atoms with Gasteiger partial charge in [0.15, 0.2) is 0 Å². The van der Waals surface area contributed by atoms with E-state index in [0.29, 0.717) is 5.76 Å². The first-order valence-corrected chi connectivity index (χ1v) is 3.63. The lowest BCUT2D eigenvalue weighted by Gasteiger charge is -1.80. The minimum Gasteiger partial charge on any atom is -0.439 e. The van der Waals surface area contributed by atoms with Crippen LogP contribution in [0.4, 0.5) is 0 Å². The largest absolute Gasteiger partial charge is 0.439 e. The summed E-state index contributed by atoms with van der Waals surface area (Å²) in [5.74, 6) is 0.718. The average Bonchev–Trinajstić information content (AvgIpc) is 2.40. The number of aryl methyl sites for hydroxylation is 1. The van der Waals surface area contributed by atoms with E-state index < -0.39 is 0 Å². The fourth-order valence-electron chi connectivity index (χ4n) is 0.517. The molecule has 62 valence electrons. The summed E-state index contributed by atoms with van der Waals surface area (Å²) >= 11 is 0. The van der Waals surface area contributed by atoms with E-state index >= 15 is 0 Å². The Kier molecular flexibility index (Phi) is 4.18. The molecule has 0 aliphatic carbocycles. The Bertz CT molecular complexity index is 228. The maximum Gasteiger partial charge on any atom is 0.262 e. The molecule has 0 aliphatic heterocycles. The second kappa shape index (κ2) is 4.66. The van der Waals surface area contributed by atoms with E-state index in [-0.39, 0.29) is 11.7 Å². The number of aromatic nitrogens is 1. The van der Waals surface area contributed by atoms with Gasteiger partial charge in [0.25, 0.3) is 5.89 Å². The van der Waals surface area contributed by atoms with Crippen molar-refractivity contribution in [3.05, 3.63) is 17.8 Å². The van der Waals surface area contributed by atoms with Gasteiger partial charge >= 0.3 is 0 Å². The van der Waals surface area contributed by atoms with Gasteiger partial charge in [-0.2, -0.15) is 0 Å². The van der Waals surface area contributed by atoms with Crippen molar-refractivity contribution in [2.45, 2.75) is 27.7 Å². The van der Waals surface area contributed by atoms with Crippen molar-refractivity contribution in [3.63, 3.8) is 0 Å². The van der Waals surface area contributed by atoms with Crippen molar-refractivity contribution in [2.24, 2.45) is 0 Å². The minimum absolute atomic E-state index is 0.136. The molecule has 0 N–H and O–H groups in total. The highest BCUT2D eigenvalue weighted by atomic mass is 16.4. The summed E-state index contributed by atoms with van der Waals surface area (Å²) in [6.45, 7) is 7.17. The van der Waals surface area contributed by atoms with Crippen LogP contribution in [0.5, 0.6) is 0 Å². The van der Waals surface area contributed by atoms with Crippen LogP contribution in [0.15, 0.2) is 10.6 Å². The van der Waals surface area contributed by atoms with Gasteiger partial charge in [-0.3, -0.25) is 4.79 Å². The molecule has 0 radical (unpaired) electrons. The van der Waals surface area contributed by atoms with Crippen molar-refractivity contribution in [3.8, 4) is 0 Å². The van der Waals surface area contributed by atoms with Crippen molar-refractivity contribution in [2.75, 3.05) is 0 Å². The Labute approximate surface area is 66.4 Å². The maximum absolute atomic E-state index is 10.5. The molecule has 3 heteroatoms. The number of hydrogen-bond acceptors (Lipinski definition) is 3. The third kappa shape index (κ3) is 2.98. The Hall–Kier alpha value is -1.12. The van der Waals surface area contributed by atoms with Crippen molar-refractivity contribution in [1.29, 1.82) is 0 Å². The summed E-state index contributed by atoms with van der Waals surface area (Å²) in [5.41, 5.74) is 0. The Balaban J connectivity index is 0.000000461. The minimum atomic E-state index is -0.136. The summed E-state index contributed by atoms with van der Waals surface area (Å²) in [6, 6.07) is 0. The average molecular weight is 155 g/mol. The van der Waals surface area contributed by atoms with Gasteiger partial charge < -0.3 is 4.42 Å². The second-order valence-corrected chi connectivity index (χ2v) is 1.83. The lowest BCUT2D eigenvalue weighted by Crippen LogP contribution is -1.89. The van der Waals surface area contributed by atoms with E-state index in [1.54, 1.807) is 6.92 Å². The molecule has 0 aliphatic rings. The summed E-state index contributed by atoms with van der Waals surface area (Å²) in [4.78, 5) is 14.2. The summed E-state index contributed by atoms with van der Waals surface area (Å²) in [7, 11) is 0. The molecule has 0 atom stereocenters. The number of Topliss-reactive ketones (excluding diaryl/α,β-unsaturated/α-hetero) is 1. The number of oxazole rings is 1. The SMILES string of the molecule is CC.CC(=O)c1ncc(C)o1. The highest BCUT2D eigenvalue weighted by molar-refractivity contribution is 5.89. The second-order valence-electron chi connectivity index (χ2n) is 1.83. The third-order valence-corrected chi connectivity index (χ3v) is 0.922. The Morgan fingerprint density at radius 1 is 1.55 bits per heavy atom. The Morgan fingerprint density at radius 3 is 2.27 bits per heavy atom. The zero-order chi connectivity index (χ0) is 8.85. The molecule has 0 saturated carbocycles. The molecule has 0 aromatic carbocycles. The zero-order valence-corrected chi connectivity index (χ0v) is 7.34. The number of rotatable bonds is 1. The molecular weight excluding hydrogens is 142 g/mol. The molecule has 0 unspecified atom stereocenters. The van der Waals surface area contributed by atoms with Crippen LogP contribution in [0, 0.1) is 6.92 Å². The lowest BCUT2D eigenvalue weighted by molar-refractivity contribution is 0.0979. The molecule has 0 saturated heterocycles. The van der Waals surface area contributed by atoms with Crippen molar-refractivity contribution in [1.82, 2.24) is 4.98 Å². The van der Waals surface area contributed by atoms with Crippen LogP contribution in [0.3, 0.4) is 0 Å². The van der Waals surface area contributed by atoms with Crippen molar-refractivity contribution >= 4 is 5.78 Å². The standard InChI is InChI=1S/C6H7NO2.C2H6/c1-4-3-7-6(9-4)5(2)8;1-2/h3H,1-2H3;1-2H3. The first-order valence-electron chi connectivity index (χ1n) is 3.63. The van der Waals surface area contributed by atoms with Gasteiger partial charge in [0.2, 0.25) is 5.78 Å². The fraction of sp³-hybridized carbons (Fsp3) is 0.500. The highest BCUT2D eigenvalue weighted by Gasteiger charge is 2.03. The molecule has 0 spiro atoms. The van der Waals surface area contributed by atoms with E-state index in [4.69, 9.17) is 4.42 Å². The molecule has 1 rings (SSSR count). The molecule has 1 heterocycles. The molecular formula is C8H13NO2. The van der Waals surface area contributed by atoms with Crippen LogP contribution in [0.25, 0.3) is 0 Å². The lowest BCUT2D eigenvalue weighted by atomic mass is 10.5. The van der Waals surface area contributed by atoms with Crippen LogP contribution in [-0.4, -0.2) is 10.8 Å². The molecule has 11 heavy (non-hydrogen) atoms. The number of hydrogen-bond donors (Lipinski definition) is 0. The molecule has 1 aromatic rings. The summed E-state index contributed by atoms with van der Waals surface area (Å²) in [5, 5.41) is 0. The van der Waals surface area contributed by atoms with Gasteiger partial charge in [-0.25, -0.2) is 4.98 Å². The first-order chi connectivity index (χ1) is 5.20. The van der Waals surface area contributed by atoms with E-state index in [0.717, 1.165) is 0 Å². The number of carbonyl (C=O) groups excluding carboxylic acids is 1. The molecule has 0 bridgehead atoms. The third-order valence-electron chi connectivity index (χ3n) is 0.922. The summed E-state index contributed by atoms with van der Waals surface area (Å²) in [6.07, 6.45) is 1.52. The van der Waals surface area contributed by atoms with Crippen LogP contribution in [-0.2, 0) is 0 Å². The van der Waals surface area contributed by atoms with Crippen molar-refractivity contribution < 1.29 is 9.21 Å². The quantitative estimate of drug-likeness (QED) is 0.584. The number of ketones is 1. The van der Waals surface area contributed by atoms with Gasteiger partial charge in [-0.15, -0.1) is 0 Å². The topological polar surface area (TPSA) is 43.1 Å². The molecule has 1 aromatic heterocycles. The van der Waals surface area contributed by atoms with Crippen LogP contribution < -0.4 is 0 Å². The van der Waals surface area contributed by atoms with Crippen LogP contribution in [0.1, 0.15) is 37.2 Å². The van der Waals surface area contributed by atoms with Crippen LogP contribution >= 0.6 is 0 Å². The number of nitrogens with zero attached hydrogens (tertiary/aromatic N) is 1. The van der Waals surface area contributed by atoms with E-state index in [2.05, 4.69) is 4.98 Å². The van der Waals surface area contributed by atoms with Gasteiger partial charge in [-0.05, 0) is 6.92 Å². The predicted molar refractivity (Wildman–Crippen MR) is 42.6 cm³/mol. The van der Waals surface area contributed by atoms with Gasteiger partial charge in [0.05, 0.1) is 6.20 Å². The van der Waals surface area contributed by atoms with E-state index in [1.807, 2.05) is 13.8 Å². The van der Waals surface area contributed by atoms with Gasteiger partial charge in [-0.1, -0.05) is 13.8 Å². The fourth-order valence-corrected chi connectivity index (χ4v) is 0.517. The normalized spacial score (nSPS) is 8.36. The molecule has 0 amide bonds. The van der Waals surface area contributed by atoms with E-state index in [9.17, 15) is 4.79 Å². The molecule has 0 fully saturated rings. The predicted octanol–water partition coefficient (Wildman–Crippen LogP) is 2.21. The Morgan fingerprint density at radius 2 is 2.09 bits per heavy atom. The monoisotopic (exact) mass is 155 g/mol. The maximum atomic E-state index is 10.5. The van der Waals surface area contributed by atoms with E-state index in [1.165, 1.54) is 13.1 Å². The van der Waals surface area contributed by atoms with Gasteiger partial charge in [0.1, 0.15) is 5.76 Å². The first kappa shape index (κ1) is 9.88. The number of carbonyl (C=O) groups is 1. The zero-order valence-electron chi connectivity index (χ0n) is 7.34. The summed E-state index contributed by atoms with van der Waals surface area (Å²) < 4.78 is 4.88. The highest BCUT2D eigenvalue weighted by Crippen LogP contribution is 2.00. The van der Waals surface area contributed by atoms with Gasteiger partial charge in [0, 0.05) is 6.92 Å². The smallest absolute Gasteiger partial charge is 0.262 e.